The van der Waals surface area contributed by atoms with Gasteiger partial charge in [0.25, 0.3) is 5.91 Å². The lowest BCUT2D eigenvalue weighted by Crippen LogP contribution is -2.23. The molecule has 3 nitrogen and oxygen atoms in total. The fourth-order valence-electron chi connectivity index (χ4n) is 0.917. The molecule has 0 bridgehead atoms. The summed E-state index contributed by atoms with van der Waals surface area (Å²) in [5.74, 6) is 5.32. The van der Waals surface area contributed by atoms with Gasteiger partial charge in [0.15, 0.2) is 0 Å². The van der Waals surface area contributed by atoms with Gasteiger partial charge in [-0.1, -0.05) is 5.92 Å². The maximum absolute atomic E-state index is 11.4. The van der Waals surface area contributed by atoms with Crippen LogP contribution < -0.4 is 5.32 Å². The van der Waals surface area contributed by atoms with Crippen LogP contribution in [0.15, 0.2) is 18.3 Å². The molecule has 3 heteroatoms. The van der Waals surface area contributed by atoms with E-state index in [2.05, 4.69) is 22.1 Å². The summed E-state index contributed by atoms with van der Waals surface area (Å²) in [5, 5.41) is 2.67. The van der Waals surface area contributed by atoms with Crippen LogP contribution in [0, 0.1) is 18.8 Å². The van der Waals surface area contributed by atoms with Gasteiger partial charge in [0.1, 0.15) is 0 Å². The topological polar surface area (TPSA) is 42.0 Å². The lowest BCUT2D eigenvalue weighted by atomic mass is 10.2. The molecule has 0 saturated heterocycles. The van der Waals surface area contributed by atoms with Crippen molar-refractivity contribution in [2.45, 2.75) is 13.8 Å². The van der Waals surface area contributed by atoms with Crippen molar-refractivity contribution in [1.82, 2.24) is 10.3 Å². The van der Waals surface area contributed by atoms with Gasteiger partial charge in [-0.2, -0.15) is 0 Å². The number of nitrogens with one attached hydrogen (secondary N) is 1. The number of carbonyl (C=O) groups is 1. The van der Waals surface area contributed by atoms with Gasteiger partial charge < -0.3 is 5.32 Å². The molecule has 0 atom stereocenters. The van der Waals surface area contributed by atoms with Crippen molar-refractivity contribution in [2.75, 3.05) is 6.54 Å². The molecule has 0 saturated carbocycles. The molecule has 14 heavy (non-hydrogen) atoms. The number of hydrogen-bond acceptors (Lipinski definition) is 2. The average molecular weight is 188 g/mol. The molecule has 1 heterocycles. The van der Waals surface area contributed by atoms with E-state index in [1.807, 2.05) is 6.92 Å². The third-order valence-corrected chi connectivity index (χ3v) is 1.69. The normalized spacial score (nSPS) is 8.71. The minimum atomic E-state index is -0.139. The molecule has 1 aromatic rings. The summed E-state index contributed by atoms with van der Waals surface area (Å²) in [7, 11) is 0. The maximum atomic E-state index is 11.4. The third kappa shape index (κ3) is 2.91. The molecular weight excluding hydrogens is 176 g/mol. The quantitative estimate of drug-likeness (QED) is 0.707. The van der Waals surface area contributed by atoms with E-state index in [1.54, 1.807) is 25.3 Å². The zero-order valence-electron chi connectivity index (χ0n) is 8.29. The van der Waals surface area contributed by atoms with E-state index in [0.717, 1.165) is 5.69 Å². The van der Waals surface area contributed by atoms with Crippen molar-refractivity contribution < 1.29 is 4.79 Å². The van der Waals surface area contributed by atoms with Gasteiger partial charge in [0.05, 0.1) is 12.1 Å². The van der Waals surface area contributed by atoms with E-state index in [9.17, 15) is 4.79 Å². The second-order valence-electron chi connectivity index (χ2n) is 2.80. The highest BCUT2D eigenvalue weighted by Gasteiger charge is 2.02. The Morgan fingerprint density at radius 2 is 2.36 bits per heavy atom. The molecule has 0 spiro atoms. The Morgan fingerprint density at radius 3 is 2.93 bits per heavy atom. The van der Waals surface area contributed by atoms with Gasteiger partial charge in [0.2, 0.25) is 0 Å². The summed E-state index contributed by atoms with van der Waals surface area (Å²) in [6.07, 6.45) is 1.56. The largest absolute Gasteiger partial charge is 0.341 e. The van der Waals surface area contributed by atoms with Crippen LogP contribution in [0.3, 0.4) is 0 Å². The van der Waals surface area contributed by atoms with E-state index in [1.165, 1.54) is 0 Å². The number of aryl methyl sites for hydroxylation is 1. The fourth-order valence-corrected chi connectivity index (χ4v) is 0.917. The summed E-state index contributed by atoms with van der Waals surface area (Å²) in [6.45, 7) is 3.99. The zero-order chi connectivity index (χ0) is 10.4. The standard InChI is InChI=1S/C11H12N2O/c1-3-4-7-12-11(14)10-6-5-9(2)13-8-10/h5-6,8H,7H2,1-2H3,(H,12,14). The van der Waals surface area contributed by atoms with Crippen LogP contribution in [0.4, 0.5) is 0 Å². The zero-order valence-corrected chi connectivity index (χ0v) is 8.29. The number of amides is 1. The number of hydrogen-bond donors (Lipinski definition) is 1. The fraction of sp³-hybridized carbons (Fsp3) is 0.273. The van der Waals surface area contributed by atoms with Crippen LogP contribution in [0.25, 0.3) is 0 Å². The van der Waals surface area contributed by atoms with Gasteiger partial charge in [-0.05, 0) is 26.0 Å². The number of pyridine rings is 1. The van der Waals surface area contributed by atoms with Crippen LogP contribution >= 0.6 is 0 Å². The molecule has 0 aliphatic carbocycles. The molecule has 1 aromatic heterocycles. The highest BCUT2D eigenvalue weighted by molar-refractivity contribution is 5.93. The second kappa shape index (κ2) is 5.03. The van der Waals surface area contributed by atoms with E-state index in [0.29, 0.717) is 12.1 Å². The molecule has 0 aliphatic heterocycles. The third-order valence-electron chi connectivity index (χ3n) is 1.69. The highest BCUT2D eigenvalue weighted by atomic mass is 16.1. The van der Waals surface area contributed by atoms with Gasteiger partial charge in [-0.3, -0.25) is 9.78 Å². The van der Waals surface area contributed by atoms with Crippen molar-refractivity contribution in [1.29, 1.82) is 0 Å². The Morgan fingerprint density at radius 1 is 1.57 bits per heavy atom. The molecule has 0 aliphatic rings. The summed E-state index contributed by atoms with van der Waals surface area (Å²) >= 11 is 0. The van der Waals surface area contributed by atoms with Crippen LogP contribution in [0.2, 0.25) is 0 Å². The van der Waals surface area contributed by atoms with Crippen molar-refractivity contribution >= 4 is 5.91 Å². The van der Waals surface area contributed by atoms with Crippen LogP contribution in [0.1, 0.15) is 23.0 Å². The van der Waals surface area contributed by atoms with Crippen molar-refractivity contribution in [2.24, 2.45) is 0 Å². The van der Waals surface area contributed by atoms with Gasteiger partial charge in [-0.15, -0.1) is 5.92 Å². The van der Waals surface area contributed by atoms with Crippen LogP contribution in [-0.2, 0) is 0 Å². The lowest BCUT2D eigenvalue weighted by molar-refractivity contribution is 0.0958. The van der Waals surface area contributed by atoms with Crippen molar-refractivity contribution in [3.63, 3.8) is 0 Å². The van der Waals surface area contributed by atoms with Gasteiger partial charge in [-0.25, -0.2) is 0 Å². The molecular formula is C11H12N2O. The Labute approximate surface area is 83.6 Å². The molecule has 0 aromatic carbocycles. The van der Waals surface area contributed by atoms with E-state index in [-0.39, 0.29) is 5.91 Å². The van der Waals surface area contributed by atoms with Crippen LogP contribution in [0.5, 0.6) is 0 Å². The smallest absolute Gasteiger partial charge is 0.253 e. The Bertz CT molecular complexity index is 371. The Balaban J connectivity index is 2.59. The minimum Gasteiger partial charge on any atom is -0.341 e. The predicted octanol–water partition coefficient (Wildman–Crippen LogP) is 1.14. The first-order valence-corrected chi connectivity index (χ1v) is 4.34. The predicted molar refractivity (Wildman–Crippen MR) is 54.8 cm³/mol. The average Bonchev–Trinajstić information content (AvgIpc) is 2.19. The molecule has 72 valence electrons. The molecule has 1 N–H and O–H groups in total. The molecule has 0 radical (unpaired) electrons. The van der Waals surface area contributed by atoms with Gasteiger partial charge >= 0.3 is 0 Å². The SMILES string of the molecule is CC#CCNC(=O)c1ccc(C)nc1. The first-order valence-electron chi connectivity index (χ1n) is 4.34. The number of carbonyl (C=O) groups excluding carboxylic acids is 1. The van der Waals surface area contributed by atoms with E-state index in [4.69, 9.17) is 0 Å². The molecule has 0 unspecified atom stereocenters. The van der Waals surface area contributed by atoms with Crippen LogP contribution in [-0.4, -0.2) is 17.4 Å². The number of nitrogens with zero attached hydrogens (tertiary/aromatic N) is 1. The highest BCUT2D eigenvalue weighted by Crippen LogP contribution is 1.98. The summed E-state index contributed by atoms with van der Waals surface area (Å²) in [6, 6.07) is 3.55. The second-order valence-corrected chi connectivity index (χ2v) is 2.80. The maximum Gasteiger partial charge on any atom is 0.253 e. The number of aromatic nitrogens is 1. The van der Waals surface area contributed by atoms with Crippen molar-refractivity contribution in [3.8, 4) is 11.8 Å². The van der Waals surface area contributed by atoms with Crippen molar-refractivity contribution in [3.05, 3.63) is 29.6 Å². The monoisotopic (exact) mass is 188 g/mol. The first kappa shape index (κ1) is 10.3. The Kier molecular flexibility index (Phi) is 3.69. The summed E-state index contributed by atoms with van der Waals surface area (Å²) < 4.78 is 0. The summed E-state index contributed by atoms with van der Waals surface area (Å²) in [4.78, 5) is 15.4. The van der Waals surface area contributed by atoms with Gasteiger partial charge in [0, 0.05) is 11.9 Å². The van der Waals surface area contributed by atoms with E-state index >= 15 is 0 Å². The molecule has 1 rings (SSSR count). The molecule has 0 fully saturated rings. The Hall–Kier alpha value is -1.82. The molecule has 1 amide bonds. The lowest BCUT2D eigenvalue weighted by Gasteiger charge is -2.00. The summed E-state index contributed by atoms with van der Waals surface area (Å²) in [5.41, 5.74) is 1.46. The van der Waals surface area contributed by atoms with E-state index < -0.39 is 0 Å². The number of rotatable bonds is 2. The first-order chi connectivity index (χ1) is 6.74. The minimum absolute atomic E-state index is 0.139.